The van der Waals surface area contributed by atoms with E-state index in [1.807, 2.05) is 19.1 Å². The van der Waals surface area contributed by atoms with E-state index in [0.29, 0.717) is 19.6 Å². The molecule has 0 bridgehead atoms. The van der Waals surface area contributed by atoms with Crippen molar-refractivity contribution in [2.75, 3.05) is 26.4 Å². The molecule has 1 saturated heterocycles. The Bertz CT molecular complexity index is 410. The maximum atomic E-state index is 11.6. The Morgan fingerprint density at radius 3 is 3.05 bits per heavy atom. The molecule has 20 heavy (non-hydrogen) atoms. The van der Waals surface area contributed by atoms with Crippen LogP contribution >= 0.6 is 0 Å². The van der Waals surface area contributed by atoms with Crippen molar-refractivity contribution in [2.24, 2.45) is 0 Å². The van der Waals surface area contributed by atoms with Gasteiger partial charge in [-0.1, -0.05) is 0 Å². The first-order chi connectivity index (χ1) is 9.74. The van der Waals surface area contributed by atoms with E-state index in [1.165, 1.54) is 6.42 Å². The largest absolute Gasteiger partial charge is 0.466 e. The Hall–Kier alpha value is -1.33. The molecule has 0 saturated carbocycles. The number of rotatable bonds is 7. The lowest BCUT2D eigenvalue weighted by Crippen LogP contribution is -2.32. The lowest BCUT2D eigenvalue weighted by atomic mass is 10.1. The zero-order chi connectivity index (χ0) is 14.2. The van der Waals surface area contributed by atoms with Crippen molar-refractivity contribution in [1.29, 1.82) is 0 Å². The molecule has 0 unspecified atom stereocenters. The van der Waals surface area contributed by atoms with Crippen LogP contribution in [0.3, 0.4) is 0 Å². The summed E-state index contributed by atoms with van der Waals surface area (Å²) in [5, 5.41) is 2.81. The third kappa shape index (κ3) is 5.35. The van der Waals surface area contributed by atoms with Crippen LogP contribution in [-0.4, -0.2) is 38.4 Å². The summed E-state index contributed by atoms with van der Waals surface area (Å²) in [5.74, 6) is 1.69. The Balaban J connectivity index is 1.51. The summed E-state index contributed by atoms with van der Waals surface area (Å²) < 4.78 is 16.3. The fraction of sp³-hybridized carbons (Fsp3) is 0.667. The van der Waals surface area contributed by atoms with Crippen LogP contribution in [0.2, 0.25) is 0 Å². The number of carbonyl (C=O) groups excluding carboxylic acids is 1. The highest BCUT2D eigenvalue weighted by molar-refractivity contribution is 5.77. The third-order valence-electron chi connectivity index (χ3n) is 3.30. The average molecular weight is 281 g/mol. The highest BCUT2D eigenvalue weighted by Crippen LogP contribution is 2.12. The highest BCUT2D eigenvalue weighted by Gasteiger charge is 2.14. The molecule has 1 fully saturated rings. The first kappa shape index (κ1) is 15.1. The number of furan rings is 1. The number of carbonyl (C=O) groups is 1. The summed E-state index contributed by atoms with van der Waals surface area (Å²) in [7, 11) is 0. The Kier molecular flexibility index (Phi) is 6.08. The van der Waals surface area contributed by atoms with E-state index >= 15 is 0 Å². The predicted molar refractivity (Wildman–Crippen MR) is 74.6 cm³/mol. The Morgan fingerprint density at radius 2 is 2.35 bits per heavy atom. The van der Waals surface area contributed by atoms with E-state index in [4.69, 9.17) is 13.9 Å². The molecule has 0 aliphatic carbocycles. The topological polar surface area (TPSA) is 60.7 Å². The standard InChI is InChI=1S/C15H23NO4/c1-12-5-6-13(20-12)7-8-16-15(17)11-18-10-14-4-2-3-9-19-14/h5-6,14H,2-4,7-11H2,1H3,(H,16,17)/t14-/m0/s1. The molecule has 1 aliphatic rings. The molecule has 0 spiro atoms. The van der Waals surface area contributed by atoms with Crippen molar-refractivity contribution in [3.8, 4) is 0 Å². The molecular formula is C15H23NO4. The fourth-order valence-corrected chi connectivity index (χ4v) is 2.22. The van der Waals surface area contributed by atoms with Gasteiger partial charge in [-0.2, -0.15) is 0 Å². The van der Waals surface area contributed by atoms with E-state index in [2.05, 4.69) is 5.32 Å². The summed E-state index contributed by atoms with van der Waals surface area (Å²) in [6, 6.07) is 3.85. The summed E-state index contributed by atoms with van der Waals surface area (Å²) in [5.41, 5.74) is 0. The second-order valence-corrected chi connectivity index (χ2v) is 5.12. The Morgan fingerprint density at radius 1 is 1.45 bits per heavy atom. The van der Waals surface area contributed by atoms with Crippen molar-refractivity contribution >= 4 is 5.91 Å². The maximum Gasteiger partial charge on any atom is 0.246 e. The molecule has 1 atom stereocenters. The molecule has 5 heteroatoms. The van der Waals surface area contributed by atoms with Crippen LogP contribution in [0, 0.1) is 6.92 Å². The second kappa shape index (κ2) is 8.07. The van der Waals surface area contributed by atoms with Gasteiger partial charge in [0, 0.05) is 19.6 Å². The quantitative estimate of drug-likeness (QED) is 0.828. The number of ether oxygens (including phenoxy) is 2. The van der Waals surface area contributed by atoms with Crippen LogP contribution in [0.15, 0.2) is 16.5 Å². The summed E-state index contributed by atoms with van der Waals surface area (Å²) in [6.07, 6.45) is 4.19. The van der Waals surface area contributed by atoms with E-state index < -0.39 is 0 Å². The molecule has 1 aromatic heterocycles. The predicted octanol–water partition coefficient (Wildman–Crippen LogP) is 1.83. The van der Waals surface area contributed by atoms with Crippen molar-refractivity contribution in [3.63, 3.8) is 0 Å². The molecule has 2 heterocycles. The second-order valence-electron chi connectivity index (χ2n) is 5.12. The van der Waals surface area contributed by atoms with Crippen LogP contribution in [-0.2, 0) is 20.7 Å². The van der Waals surface area contributed by atoms with Gasteiger partial charge < -0.3 is 19.2 Å². The minimum Gasteiger partial charge on any atom is -0.466 e. The van der Waals surface area contributed by atoms with Gasteiger partial charge in [0.15, 0.2) is 0 Å². The molecule has 1 amide bonds. The zero-order valence-electron chi connectivity index (χ0n) is 12.0. The number of nitrogens with one attached hydrogen (secondary N) is 1. The van der Waals surface area contributed by atoms with Crippen LogP contribution in [0.4, 0.5) is 0 Å². The fourth-order valence-electron chi connectivity index (χ4n) is 2.22. The van der Waals surface area contributed by atoms with Crippen molar-refractivity contribution in [3.05, 3.63) is 23.7 Å². The molecule has 1 aliphatic heterocycles. The van der Waals surface area contributed by atoms with E-state index in [9.17, 15) is 4.79 Å². The lowest BCUT2D eigenvalue weighted by Gasteiger charge is -2.22. The smallest absolute Gasteiger partial charge is 0.246 e. The van der Waals surface area contributed by atoms with Gasteiger partial charge in [-0.25, -0.2) is 0 Å². The summed E-state index contributed by atoms with van der Waals surface area (Å²) in [4.78, 5) is 11.6. The van der Waals surface area contributed by atoms with Gasteiger partial charge in [-0.3, -0.25) is 4.79 Å². The molecule has 0 aromatic carbocycles. The number of hydrogen-bond donors (Lipinski definition) is 1. The molecule has 112 valence electrons. The molecule has 5 nitrogen and oxygen atoms in total. The van der Waals surface area contributed by atoms with Gasteiger partial charge in [0.1, 0.15) is 18.1 Å². The molecule has 0 radical (unpaired) electrons. The maximum absolute atomic E-state index is 11.6. The Labute approximate surface area is 119 Å². The van der Waals surface area contributed by atoms with Gasteiger partial charge in [0.25, 0.3) is 0 Å². The normalized spacial score (nSPS) is 18.9. The molecule has 1 N–H and O–H groups in total. The van der Waals surface area contributed by atoms with Gasteiger partial charge >= 0.3 is 0 Å². The molecule has 1 aromatic rings. The molecule has 2 rings (SSSR count). The summed E-state index contributed by atoms with van der Waals surface area (Å²) >= 11 is 0. The van der Waals surface area contributed by atoms with Gasteiger partial charge in [0.05, 0.1) is 12.7 Å². The van der Waals surface area contributed by atoms with Gasteiger partial charge in [0.2, 0.25) is 5.91 Å². The van der Waals surface area contributed by atoms with Crippen LogP contribution < -0.4 is 5.32 Å². The van der Waals surface area contributed by atoms with Crippen LogP contribution in [0.5, 0.6) is 0 Å². The van der Waals surface area contributed by atoms with Crippen molar-refractivity contribution in [2.45, 2.75) is 38.7 Å². The lowest BCUT2D eigenvalue weighted by molar-refractivity contribution is -0.127. The zero-order valence-corrected chi connectivity index (χ0v) is 12.0. The van der Waals surface area contributed by atoms with Crippen molar-refractivity contribution < 1.29 is 18.7 Å². The number of aryl methyl sites for hydroxylation is 1. The minimum atomic E-state index is -0.0934. The average Bonchev–Trinajstić information content (AvgIpc) is 2.86. The first-order valence-electron chi connectivity index (χ1n) is 7.25. The van der Waals surface area contributed by atoms with Crippen LogP contribution in [0.1, 0.15) is 30.8 Å². The van der Waals surface area contributed by atoms with Gasteiger partial charge in [-0.05, 0) is 38.3 Å². The van der Waals surface area contributed by atoms with E-state index in [-0.39, 0.29) is 18.6 Å². The minimum absolute atomic E-state index is 0.0934. The number of amides is 1. The first-order valence-corrected chi connectivity index (χ1v) is 7.25. The third-order valence-corrected chi connectivity index (χ3v) is 3.30. The van der Waals surface area contributed by atoms with E-state index in [0.717, 1.165) is 31.0 Å². The van der Waals surface area contributed by atoms with Gasteiger partial charge in [-0.15, -0.1) is 0 Å². The SMILES string of the molecule is Cc1ccc(CCNC(=O)COC[C@@H]2CCCCO2)o1. The number of hydrogen-bond acceptors (Lipinski definition) is 4. The monoisotopic (exact) mass is 281 g/mol. The molecular weight excluding hydrogens is 258 g/mol. The van der Waals surface area contributed by atoms with E-state index in [1.54, 1.807) is 0 Å². The van der Waals surface area contributed by atoms with Crippen molar-refractivity contribution in [1.82, 2.24) is 5.32 Å². The highest BCUT2D eigenvalue weighted by atomic mass is 16.5. The summed E-state index contributed by atoms with van der Waals surface area (Å²) in [6.45, 7) is 3.88. The van der Waals surface area contributed by atoms with Crippen LogP contribution in [0.25, 0.3) is 0 Å².